The number of hydrogen-bond donors (Lipinski definition) is 1. The van der Waals surface area contributed by atoms with Crippen molar-refractivity contribution in [2.45, 2.75) is 78.7 Å². The van der Waals surface area contributed by atoms with Crippen LogP contribution in [0.4, 0.5) is 15.4 Å². The molecule has 0 saturated carbocycles. The highest BCUT2D eigenvalue weighted by atomic mass is 79.9. The van der Waals surface area contributed by atoms with Gasteiger partial charge in [-0.15, -0.1) is 22.7 Å². The first kappa shape index (κ1) is 28.8. The van der Waals surface area contributed by atoms with Gasteiger partial charge >= 0.3 is 12.2 Å². The number of fused-ring (bicyclic) bond motifs is 1. The minimum absolute atomic E-state index is 0.0628. The molecule has 0 spiro atoms. The first-order valence-corrected chi connectivity index (χ1v) is 14.1. The Morgan fingerprint density at radius 3 is 2.43 bits per heavy atom. The number of nitrogens with one attached hydrogen (secondary N) is 1. The zero-order valence-corrected chi connectivity index (χ0v) is 25.1. The number of amides is 2. The lowest BCUT2D eigenvalue weighted by atomic mass is 10.2. The van der Waals surface area contributed by atoms with Crippen molar-refractivity contribution < 1.29 is 19.1 Å². The van der Waals surface area contributed by atoms with Gasteiger partial charge in [0.25, 0.3) is 0 Å². The Labute approximate surface area is 232 Å². The van der Waals surface area contributed by atoms with Gasteiger partial charge in [-0.05, 0) is 75.8 Å². The SMILES string of the molecule is C[C@@H](Cc1sc2c(N(Cc3cccs3)C(=O)OC(C)(C)C)nc(C#N)nc2c1Br)NC(=O)OC(C)(C)C. The van der Waals surface area contributed by atoms with Crippen LogP contribution >= 0.6 is 38.6 Å². The van der Waals surface area contributed by atoms with Gasteiger partial charge in [0.05, 0.1) is 15.7 Å². The predicted octanol–water partition coefficient (Wildman–Crippen LogP) is 6.78. The summed E-state index contributed by atoms with van der Waals surface area (Å²) in [6.45, 7) is 12.9. The Bertz CT molecular complexity index is 1320. The third kappa shape index (κ3) is 7.87. The fourth-order valence-electron chi connectivity index (χ4n) is 3.28. The van der Waals surface area contributed by atoms with Crippen molar-refractivity contribution in [3.63, 3.8) is 0 Å². The smallest absolute Gasteiger partial charge is 0.416 e. The number of thiophene rings is 2. The molecule has 9 nitrogen and oxygen atoms in total. The number of alkyl carbamates (subject to hydrolysis) is 1. The third-order valence-electron chi connectivity index (χ3n) is 4.64. The molecule has 0 fully saturated rings. The predicted molar refractivity (Wildman–Crippen MR) is 149 cm³/mol. The number of aromatic nitrogens is 2. The molecule has 1 N–H and O–H groups in total. The van der Waals surface area contributed by atoms with Crippen LogP contribution in [0.15, 0.2) is 22.0 Å². The van der Waals surface area contributed by atoms with E-state index in [1.54, 1.807) is 41.5 Å². The Kier molecular flexibility index (Phi) is 8.82. The zero-order chi connectivity index (χ0) is 27.5. The molecule has 0 aliphatic rings. The van der Waals surface area contributed by atoms with E-state index < -0.39 is 23.4 Å². The van der Waals surface area contributed by atoms with Crippen LogP contribution in [0, 0.1) is 11.3 Å². The number of rotatable bonds is 6. The van der Waals surface area contributed by atoms with Crippen molar-refractivity contribution in [3.05, 3.63) is 37.6 Å². The van der Waals surface area contributed by atoms with Gasteiger partial charge in [0.1, 0.15) is 22.8 Å². The summed E-state index contributed by atoms with van der Waals surface area (Å²) < 4.78 is 12.4. The van der Waals surface area contributed by atoms with Gasteiger partial charge in [0.15, 0.2) is 5.82 Å². The van der Waals surface area contributed by atoms with E-state index in [2.05, 4.69) is 31.2 Å². The molecule has 3 heterocycles. The fourth-order valence-corrected chi connectivity index (χ4v) is 6.06. The van der Waals surface area contributed by atoms with Crippen molar-refractivity contribution in [2.24, 2.45) is 0 Å². The molecule has 3 rings (SSSR count). The van der Waals surface area contributed by atoms with Gasteiger partial charge in [-0.2, -0.15) is 10.2 Å². The molecule has 0 bridgehead atoms. The molecule has 0 unspecified atom stereocenters. The van der Waals surface area contributed by atoms with Gasteiger partial charge in [0.2, 0.25) is 5.82 Å². The highest BCUT2D eigenvalue weighted by molar-refractivity contribution is 9.10. The lowest BCUT2D eigenvalue weighted by Gasteiger charge is -2.26. The molecule has 0 radical (unpaired) electrons. The molecule has 1 atom stereocenters. The van der Waals surface area contributed by atoms with Gasteiger partial charge in [-0.25, -0.2) is 14.6 Å². The summed E-state index contributed by atoms with van der Waals surface area (Å²) in [6.07, 6.45) is -0.605. The number of nitriles is 1. The van der Waals surface area contributed by atoms with Gasteiger partial charge in [-0.1, -0.05) is 6.07 Å². The first-order valence-electron chi connectivity index (χ1n) is 11.6. The number of anilines is 1. The van der Waals surface area contributed by atoms with Gasteiger partial charge in [-0.3, -0.25) is 4.90 Å². The number of carbonyl (C=O) groups excluding carboxylic acids is 2. The number of ether oxygens (including phenoxy) is 2. The van der Waals surface area contributed by atoms with Crippen molar-refractivity contribution in [2.75, 3.05) is 4.90 Å². The average Bonchev–Trinajstić information content (AvgIpc) is 3.37. The van der Waals surface area contributed by atoms with Crippen LogP contribution < -0.4 is 10.2 Å². The summed E-state index contributed by atoms with van der Waals surface area (Å²) in [7, 11) is 0. The topological polar surface area (TPSA) is 117 Å². The van der Waals surface area contributed by atoms with E-state index in [1.165, 1.54) is 27.6 Å². The maximum Gasteiger partial charge on any atom is 0.416 e. The van der Waals surface area contributed by atoms with E-state index in [0.717, 1.165) is 9.75 Å². The minimum Gasteiger partial charge on any atom is -0.444 e. The van der Waals surface area contributed by atoms with Crippen LogP contribution in [0.3, 0.4) is 0 Å². The standard InChI is InChI=1S/C25H30BrN5O4S2/c1-14(28-22(32)34-24(2,3)4)11-16-18(26)19-20(37-16)21(30-17(12-27)29-19)31(13-15-9-8-10-36-15)23(33)35-25(5,6)7/h8-10,14H,11,13H2,1-7H3,(H,28,32)/t14-/m0/s1. The second-order valence-electron chi connectivity index (χ2n) is 10.4. The molecule has 0 aromatic carbocycles. The van der Waals surface area contributed by atoms with Crippen LogP contribution in [0.5, 0.6) is 0 Å². The molecule has 3 aromatic rings. The van der Waals surface area contributed by atoms with E-state index in [9.17, 15) is 14.9 Å². The molecule has 3 aromatic heterocycles. The average molecular weight is 609 g/mol. The lowest BCUT2D eigenvalue weighted by Crippen LogP contribution is -2.38. The second-order valence-corrected chi connectivity index (χ2v) is 13.3. The van der Waals surface area contributed by atoms with Crippen LogP contribution in [0.2, 0.25) is 0 Å². The summed E-state index contributed by atoms with van der Waals surface area (Å²) in [5.74, 6) is 0.237. The molecule has 37 heavy (non-hydrogen) atoms. The van der Waals surface area contributed by atoms with Crippen molar-refractivity contribution in [3.8, 4) is 6.07 Å². The van der Waals surface area contributed by atoms with E-state index in [0.29, 0.717) is 26.9 Å². The lowest BCUT2D eigenvalue weighted by molar-refractivity contribution is 0.0507. The second kappa shape index (κ2) is 11.3. The summed E-state index contributed by atoms with van der Waals surface area (Å²) >= 11 is 6.52. The Morgan fingerprint density at radius 2 is 1.86 bits per heavy atom. The Balaban J connectivity index is 2.02. The Morgan fingerprint density at radius 1 is 1.19 bits per heavy atom. The monoisotopic (exact) mass is 607 g/mol. The molecule has 0 aliphatic heterocycles. The molecule has 198 valence electrons. The van der Waals surface area contributed by atoms with Crippen LogP contribution in [0.1, 0.15) is 64.0 Å². The summed E-state index contributed by atoms with van der Waals surface area (Å²) in [5.41, 5.74) is -0.807. The number of nitrogens with zero attached hydrogens (tertiary/aromatic N) is 4. The molecular weight excluding hydrogens is 578 g/mol. The third-order valence-corrected chi connectivity index (χ3v) is 7.82. The highest BCUT2D eigenvalue weighted by Gasteiger charge is 2.29. The largest absolute Gasteiger partial charge is 0.444 e. The van der Waals surface area contributed by atoms with Crippen molar-refractivity contribution in [1.29, 1.82) is 5.26 Å². The first-order chi connectivity index (χ1) is 17.2. The maximum absolute atomic E-state index is 13.3. The van der Waals surface area contributed by atoms with E-state index in [1.807, 2.05) is 30.5 Å². The quantitative estimate of drug-likeness (QED) is 0.328. The van der Waals surface area contributed by atoms with Crippen LogP contribution in [0.25, 0.3) is 10.2 Å². The number of hydrogen-bond acceptors (Lipinski definition) is 9. The molecule has 0 saturated heterocycles. The molecule has 12 heteroatoms. The summed E-state index contributed by atoms with van der Waals surface area (Å²) in [6, 6.07) is 5.57. The molecular formula is C25H30BrN5O4S2. The molecule has 2 amide bonds. The minimum atomic E-state index is -0.723. The highest BCUT2D eigenvalue weighted by Crippen LogP contribution is 2.40. The number of halogens is 1. The fraction of sp³-hybridized carbons (Fsp3) is 0.480. The van der Waals surface area contributed by atoms with E-state index in [-0.39, 0.29) is 18.4 Å². The van der Waals surface area contributed by atoms with Crippen LogP contribution in [-0.2, 0) is 22.4 Å². The normalized spacial score (nSPS) is 12.6. The van der Waals surface area contributed by atoms with Gasteiger partial charge < -0.3 is 14.8 Å². The Hall–Kier alpha value is -2.75. The van der Waals surface area contributed by atoms with Crippen LogP contribution in [-0.4, -0.2) is 39.4 Å². The zero-order valence-electron chi connectivity index (χ0n) is 21.8. The summed E-state index contributed by atoms with van der Waals surface area (Å²) in [5, 5.41) is 14.4. The van der Waals surface area contributed by atoms with Crippen molar-refractivity contribution in [1.82, 2.24) is 15.3 Å². The van der Waals surface area contributed by atoms with E-state index >= 15 is 0 Å². The van der Waals surface area contributed by atoms with Crippen molar-refractivity contribution >= 4 is 66.8 Å². The van der Waals surface area contributed by atoms with E-state index in [4.69, 9.17) is 9.47 Å². The number of carbonyl (C=O) groups is 2. The van der Waals surface area contributed by atoms with Gasteiger partial charge in [0, 0.05) is 22.2 Å². The molecule has 0 aliphatic carbocycles. The maximum atomic E-state index is 13.3. The summed E-state index contributed by atoms with van der Waals surface area (Å²) in [4.78, 5) is 37.6.